The van der Waals surface area contributed by atoms with Gasteiger partial charge in [0.2, 0.25) is 5.91 Å². The Kier molecular flexibility index (Phi) is 5.80. The van der Waals surface area contributed by atoms with Gasteiger partial charge in [-0.3, -0.25) is 4.79 Å². The number of hydrogen-bond acceptors (Lipinski definition) is 4. The zero-order valence-corrected chi connectivity index (χ0v) is 13.1. The second kappa shape index (κ2) is 6.92. The molecule has 3 N–H and O–H groups in total. The number of rotatable bonds is 5. The molecule has 0 bridgehead atoms. The van der Waals surface area contributed by atoms with Crippen LogP contribution in [0.4, 0.5) is 4.79 Å². The van der Waals surface area contributed by atoms with E-state index in [2.05, 4.69) is 16.0 Å². The Morgan fingerprint density at radius 2 is 1.85 bits per heavy atom. The maximum Gasteiger partial charge on any atom is 0.407 e. The van der Waals surface area contributed by atoms with Crippen molar-refractivity contribution < 1.29 is 14.3 Å². The Labute approximate surface area is 121 Å². The van der Waals surface area contributed by atoms with Crippen LogP contribution in [0.15, 0.2) is 0 Å². The van der Waals surface area contributed by atoms with Crippen LogP contribution in [0.25, 0.3) is 0 Å². The van der Waals surface area contributed by atoms with Crippen molar-refractivity contribution in [2.75, 3.05) is 6.54 Å². The Hall–Kier alpha value is -1.30. The van der Waals surface area contributed by atoms with Gasteiger partial charge in [0, 0.05) is 18.6 Å². The minimum absolute atomic E-state index is 0.0102. The molecule has 0 aromatic carbocycles. The molecular weight excluding hydrogens is 258 g/mol. The summed E-state index contributed by atoms with van der Waals surface area (Å²) in [6.45, 7) is 9.90. The first-order chi connectivity index (χ1) is 9.21. The number of carbonyl (C=O) groups excluding carboxylic acids is 2. The minimum Gasteiger partial charge on any atom is -0.444 e. The third-order valence-corrected chi connectivity index (χ3v) is 3.09. The zero-order valence-electron chi connectivity index (χ0n) is 13.1. The number of hydrogen-bond donors (Lipinski definition) is 3. The van der Waals surface area contributed by atoms with Gasteiger partial charge in [-0.1, -0.05) is 0 Å². The topological polar surface area (TPSA) is 79.5 Å². The Morgan fingerprint density at radius 3 is 2.35 bits per heavy atom. The number of nitrogens with one attached hydrogen (secondary N) is 3. The Balaban J connectivity index is 2.20. The summed E-state index contributed by atoms with van der Waals surface area (Å²) >= 11 is 0. The molecule has 0 spiro atoms. The van der Waals surface area contributed by atoms with Gasteiger partial charge in [0.15, 0.2) is 0 Å². The molecule has 0 aliphatic heterocycles. The predicted molar refractivity (Wildman–Crippen MR) is 77.5 cm³/mol. The summed E-state index contributed by atoms with van der Waals surface area (Å²) in [5.41, 5.74) is -0.474. The van der Waals surface area contributed by atoms with Gasteiger partial charge < -0.3 is 20.7 Å². The van der Waals surface area contributed by atoms with Gasteiger partial charge in [0.25, 0.3) is 0 Å². The molecule has 0 radical (unpaired) electrons. The van der Waals surface area contributed by atoms with Gasteiger partial charge in [-0.05, 0) is 47.5 Å². The fraction of sp³-hybridized carbons (Fsp3) is 0.857. The van der Waals surface area contributed by atoms with E-state index in [1.54, 1.807) is 0 Å². The first-order valence-corrected chi connectivity index (χ1v) is 7.24. The van der Waals surface area contributed by atoms with Gasteiger partial charge in [0.1, 0.15) is 5.60 Å². The van der Waals surface area contributed by atoms with Crippen LogP contribution in [0.2, 0.25) is 0 Å². The molecule has 1 atom stereocenters. The molecule has 0 heterocycles. The Morgan fingerprint density at radius 1 is 1.25 bits per heavy atom. The van der Waals surface area contributed by atoms with Crippen molar-refractivity contribution in [3.05, 3.63) is 0 Å². The van der Waals surface area contributed by atoms with Gasteiger partial charge >= 0.3 is 6.09 Å². The first kappa shape index (κ1) is 16.8. The summed E-state index contributed by atoms with van der Waals surface area (Å²) < 4.78 is 5.20. The molecule has 1 fully saturated rings. The summed E-state index contributed by atoms with van der Waals surface area (Å²) in [7, 11) is 0. The van der Waals surface area contributed by atoms with Crippen LogP contribution in [-0.2, 0) is 9.53 Å². The maximum absolute atomic E-state index is 11.6. The van der Waals surface area contributed by atoms with Crippen LogP contribution < -0.4 is 16.0 Å². The lowest BCUT2D eigenvalue weighted by Gasteiger charge is -2.38. The number of carbonyl (C=O) groups is 2. The lowest BCUT2D eigenvalue weighted by Crippen LogP contribution is -2.57. The van der Waals surface area contributed by atoms with Gasteiger partial charge in [-0.25, -0.2) is 4.79 Å². The zero-order chi connectivity index (χ0) is 15.3. The monoisotopic (exact) mass is 285 g/mol. The minimum atomic E-state index is -0.474. The molecule has 1 saturated carbocycles. The van der Waals surface area contributed by atoms with Crippen molar-refractivity contribution in [3.63, 3.8) is 0 Å². The highest BCUT2D eigenvalue weighted by Gasteiger charge is 2.33. The van der Waals surface area contributed by atoms with Crippen LogP contribution in [0.1, 0.15) is 47.5 Å². The van der Waals surface area contributed by atoms with Gasteiger partial charge in [-0.15, -0.1) is 0 Å². The van der Waals surface area contributed by atoms with Crippen LogP contribution in [0, 0.1) is 0 Å². The van der Waals surface area contributed by atoms with Crippen molar-refractivity contribution in [3.8, 4) is 0 Å². The van der Waals surface area contributed by atoms with Crippen molar-refractivity contribution in [2.24, 2.45) is 0 Å². The molecule has 0 aromatic rings. The quantitative estimate of drug-likeness (QED) is 0.708. The standard InChI is InChI=1S/C14H27N3O3/c1-6-15-12(18)9(2)16-10-7-11(8-10)17-13(19)20-14(3,4)5/h9-11,16H,6-8H2,1-5H3,(H,15,18)(H,17,19). The molecule has 20 heavy (non-hydrogen) atoms. The van der Waals surface area contributed by atoms with Crippen LogP contribution in [-0.4, -0.2) is 42.3 Å². The van der Waals surface area contributed by atoms with E-state index < -0.39 is 5.60 Å². The van der Waals surface area contributed by atoms with Crippen molar-refractivity contribution >= 4 is 12.0 Å². The largest absolute Gasteiger partial charge is 0.444 e. The van der Waals surface area contributed by atoms with Crippen molar-refractivity contribution in [2.45, 2.75) is 71.2 Å². The van der Waals surface area contributed by atoms with E-state index in [0.717, 1.165) is 12.8 Å². The first-order valence-electron chi connectivity index (χ1n) is 7.24. The van der Waals surface area contributed by atoms with E-state index in [0.29, 0.717) is 6.54 Å². The number of alkyl carbamates (subject to hydrolysis) is 1. The molecule has 6 heteroatoms. The highest BCUT2D eigenvalue weighted by atomic mass is 16.6. The molecule has 2 amide bonds. The molecule has 1 rings (SSSR count). The van der Waals surface area contributed by atoms with Gasteiger partial charge in [-0.2, -0.15) is 0 Å². The summed E-state index contributed by atoms with van der Waals surface area (Å²) in [4.78, 5) is 23.1. The number of ether oxygens (including phenoxy) is 1. The highest BCUT2D eigenvalue weighted by molar-refractivity contribution is 5.81. The van der Waals surface area contributed by atoms with Crippen LogP contribution >= 0.6 is 0 Å². The van der Waals surface area contributed by atoms with E-state index in [9.17, 15) is 9.59 Å². The van der Waals surface area contributed by atoms with E-state index in [4.69, 9.17) is 4.74 Å². The average Bonchev–Trinajstić information content (AvgIpc) is 2.23. The average molecular weight is 285 g/mol. The molecule has 6 nitrogen and oxygen atoms in total. The molecule has 116 valence electrons. The van der Waals surface area contributed by atoms with Gasteiger partial charge in [0.05, 0.1) is 6.04 Å². The lowest BCUT2D eigenvalue weighted by atomic mass is 9.86. The second-order valence-electron chi connectivity index (χ2n) is 6.29. The molecule has 1 unspecified atom stereocenters. The second-order valence-corrected chi connectivity index (χ2v) is 6.29. The summed E-state index contributed by atoms with van der Waals surface area (Å²) in [5.74, 6) is 0.0102. The lowest BCUT2D eigenvalue weighted by molar-refractivity contribution is -0.123. The Bertz CT molecular complexity index is 346. The molecule has 0 saturated heterocycles. The van der Waals surface area contributed by atoms with Crippen LogP contribution in [0.3, 0.4) is 0 Å². The van der Waals surface area contributed by atoms with Crippen molar-refractivity contribution in [1.82, 2.24) is 16.0 Å². The number of amides is 2. The molecule has 1 aliphatic rings. The third-order valence-electron chi connectivity index (χ3n) is 3.09. The smallest absolute Gasteiger partial charge is 0.407 e. The predicted octanol–water partition coefficient (Wildman–Crippen LogP) is 1.16. The molecule has 0 aromatic heterocycles. The number of likely N-dealkylation sites (N-methyl/N-ethyl adjacent to an activating group) is 1. The normalized spacial score (nSPS) is 23.4. The summed E-state index contributed by atoms with van der Waals surface area (Å²) in [6.07, 6.45) is 1.27. The maximum atomic E-state index is 11.6. The van der Waals surface area contributed by atoms with E-state index >= 15 is 0 Å². The third kappa shape index (κ3) is 5.77. The van der Waals surface area contributed by atoms with Crippen molar-refractivity contribution in [1.29, 1.82) is 0 Å². The molecular formula is C14H27N3O3. The summed E-state index contributed by atoms with van der Waals surface area (Å²) in [5, 5.41) is 8.85. The fourth-order valence-electron chi connectivity index (χ4n) is 2.10. The SMILES string of the molecule is CCNC(=O)C(C)NC1CC(NC(=O)OC(C)(C)C)C1. The highest BCUT2D eigenvalue weighted by Crippen LogP contribution is 2.21. The summed E-state index contributed by atoms with van der Waals surface area (Å²) in [6, 6.07) is 0.193. The fourth-order valence-corrected chi connectivity index (χ4v) is 2.10. The van der Waals surface area contributed by atoms with E-state index in [1.165, 1.54) is 0 Å². The van der Waals surface area contributed by atoms with E-state index in [1.807, 2.05) is 34.6 Å². The molecule has 1 aliphatic carbocycles. The van der Waals surface area contributed by atoms with Crippen LogP contribution in [0.5, 0.6) is 0 Å². The van der Waals surface area contributed by atoms with E-state index in [-0.39, 0.29) is 30.1 Å².